The average Bonchev–Trinajstić information content (AvgIpc) is 2.98. The molecule has 0 atom stereocenters. The molecule has 30 heavy (non-hydrogen) atoms. The van der Waals surface area contributed by atoms with Crippen molar-refractivity contribution in [1.82, 2.24) is 9.21 Å². The van der Waals surface area contributed by atoms with Crippen LogP contribution in [0.2, 0.25) is 0 Å². The van der Waals surface area contributed by atoms with Crippen molar-refractivity contribution >= 4 is 31.9 Å². The molecule has 2 aromatic carbocycles. The molecule has 0 aromatic heterocycles. The first-order valence-electron chi connectivity index (χ1n) is 9.50. The summed E-state index contributed by atoms with van der Waals surface area (Å²) >= 11 is 3.21. The Hall–Kier alpha value is -2.17. The third kappa shape index (κ3) is 4.17. The van der Waals surface area contributed by atoms with E-state index in [2.05, 4.69) is 15.9 Å². The highest BCUT2D eigenvalue weighted by Crippen LogP contribution is 2.33. The lowest BCUT2D eigenvalue weighted by molar-refractivity contribution is 0.0697. The number of sulfonamides is 1. The van der Waals surface area contributed by atoms with Crippen molar-refractivity contribution in [3.63, 3.8) is 0 Å². The fourth-order valence-corrected chi connectivity index (χ4v) is 5.38. The van der Waals surface area contributed by atoms with Gasteiger partial charge in [0, 0.05) is 43.1 Å². The summed E-state index contributed by atoms with van der Waals surface area (Å²) < 4.78 is 52.3. The molecule has 0 radical (unpaired) electrons. The lowest BCUT2D eigenvalue weighted by Crippen LogP contribution is -2.50. The molecule has 4 rings (SSSR count). The highest BCUT2D eigenvalue weighted by molar-refractivity contribution is 9.10. The van der Waals surface area contributed by atoms with E-state index < -0.39 is 15.8 Å². The highest BCUT2D eigenvalue weighted by atomic mass is 79.9. The van der Waals surface area contributed by atoms with Gasteiger partial charge in [0.1, 0.15) is 5.82 Å². The second-order valence-corrected chi connectivity index (χ2v) is 9.77. The number of ether oxygens (including phenoxy) is 2. The first-order valence-corrected chi connectivity index (χ1v) is 11.7. The smallest absolute Gasteiger partial charge is 0.255 e. The van der Waals surface area contributed by atoms with Crippen LogP contribution in [0.3, 0.4) is 0 Å². The maximum absolute atomic E-state index is 13.3. The molecule has 0 bridgehead atoms. The van der Waals surface area contributed by atoms with Crippen LogP contribution in [0.1, 0.15) is 16.8 Å². The maximum atomic E-state index is 13.3. The van der Waals surface area contributed by atoms with E-state index in [0.29, 0.717) is 34.7 Å². The Morgan fingerprint density at radius 2 is 1.67 bits per heavy atom. The summed E-state index contributed by atoms with van der Waals surface area (Å²) in [6, 6.07) is 8.49. The quantitative estimate of drug-likeness (QED) is 0.650. The van der Waals surface area contributed by atoms with Crippen LogP contribution in [0.5, 0.6) is 11.5 Å². The van der Waals surface area contributed by atoms with Gasteiger partial charge in [0.15, 0.2) is 11.5 Å². The van der Waals surface area contributed by atoms with Crippen molar-refractivity contribution in [3.8, 4) is 11.5 Å². The van der Waals surface area contributed by atoms with Crippen LogP contribution >= 0.6 is 15.9 Å². The van der Waals surface area contributed by atoms with E-state index in [9.17, 15) is 17.6 Å². The van der Waals surface area contributed by atoms with Gasteiger partial charge in [-0.05, 0) is 46.3 Å². The van der Waals surface area contributed by atoms with Crippen LogP contribution in [0.4, 0.5) is 4.39 Å². The first-order chi connectivity index (χ1) is 14.4. The van der Waals surface area contributed by atoms with E-state index in [1.54, 1.807) is 11.0 Å². The Balaban J connectivity index is 1.47. The minimum absolute atomic E-state index is 0.132. The monoisotopic (exact) mass is 498 g/mol. The lowest BCUT2D eigenvalue weighted by Gasteiger charge is -2.34. The summed E-state index contributed by atoms with van der Waals surface area (Å²) in [6.45, 7) is 1.82. The zero-order valence-electron chi connectivity index (χ0n) is 16.0. The molecule has 7 nitrogen and oxygen atoms in total. The molecule has 1 amide bonds. The standard InChI is InChI=1S/C20H20BrFN2O5S/c21-17-12-14(22)2-4-16(17)20(25)23-6-8-24(9-7-23)30(26,27)15-3-5-18-19(13-15)29-11-1-10-28-18/h2-5,12-13H,1,6-11H2. The van der Waals surface area contributed by atoms with Gasteiger partial charge < -0.3 is 14.4 Å². The molecule has 1 saturated heterocycles. The molecule has 2 aromatic rings. The van der Waals surface area contributed by atoms with E-state index in [1.165, 1.54) is 34.6 Å². The lowest BCUT2D eigenvalue weighted by atomic mass is 10.2. The molecule has 2 aliphatic heterocycles. The SMILES string of the molecule is O=C(c1ccc(F)cc1Br)N1CCN(S(=O)(=O)c2ccc3c(c2)OCCCO3)CC1. The zero-order valence-corrected chi connectivity index (χ0v) is 18.4. The first kappa shape index (κ1) is 21.1. The summed E-state index contributed by atoms with van der Waals surface area (Å²) in [7, 11) is -3.73. The van der Waals surface area contributed by atoms with Crippen LogP contribution in [0, 0.1) is 5.82 Å². The van der Waals surface area contributed by atoms with Gasteiger partial charge in [-0.2, -0.15) is 4.31 Å². The van der Waals surface area contributed by atoms with Crippen molar-refractivity contribution < 1.29 is 27.1 Å². The Bertz CT molecular complexity index is 1070. The van der Waals surface area contributed by atoms with Crippen LogP contribution < -0.4 is 9.47 Å². The molecular weight excluding hydrogens is 479 g/mol. The van der Waals surface area contributed by atoms with Crippen LogP contribution in [-0.4, -0.2) is 62.9 Å². The minimum atomic E-state index is -3.73. The number of hydrogen-bond acceptors (Lipinski definition) is 5. The van der Waals surface area contributed by atoms with Gasteiger partial charge in [-0.15, -0.1) is 0 Å². The van der Waals surface area contributed by atoms with E-state index >= 15 is 0 Å². The molecular formula is C20H20BrFN2O5S. The number of piperazine rings is 1. The van der Waals surface area contributed by atoms with Gasteiger partial charge in [0.2, 0.25) is 10.0 Å². The summed E-state index contributed by atoms with van der Waals surface area (Å²) in [5.74, 6) is 0.245. The summed E-state index contributed by atoms with van der Waals surface area (Å²) in [6.07, 6.45) is 0.733. The second kappa shape index (κ2) is 8.52. The number of hydrogen-bond donors (Lipinski definition) is 0. The Kier molecular flexibility index (Phi) is 5.99. The average molecular weight is 499 g/mol. The molecule has 10 heteroatoms. The Morgan fingerprint density at radius 3 is 2.37 bits per heavy atom. The van der Waals surface area contributed by atoms with E-state index in [0.717, 1.165) is 6.42 Å². The molecule has 0 aliphatic carbocycles. The zero-order chi connectivity index (χ0) is 21.3. The van der Waals surface area contributed by atoms with Gasteiger partial charge in [-0.25, -0.2) is 12.8 Å². The van der Waals surface area contributed by atoms with Gasteiger partial charge in [0.25, 0.3) is 5.91 Å². The predicted molar refractivity (Wildman–Crippen MR) is 111 cm³/mol. The Morgan fingerprint density at radius 1 is 0.967 bits per heavy atom. The fraction of sp³-hybridized carbons (Fsp3) is 0.350. The second-order valence-electron chi connectivity index (χ2n) is 6.98. The van der Waals surface area contributed by atoms with Gasteiger partial charge in [-0.1, -0.05) is 0 Å². The van der Waals surface area contributed by atoms with Gasteiger partial charge in [0.05, 0.1) is 23.7 Å². The molecule has 2 heterocycles. The third-order valence-electron chi connectivity index (χ3n) is 5.04. The maximum Gasteiger partial charge on any atom is 0.255 e. The fourth-order valence-electron chi connectivity index (χ4n) is 3.42. The largest absolute Gasteiger partial charge is 0.490 e. The van der Waals surface area contributed by atoms with Crippen LogP contribution in [0.25, 0.3) is 0 Å². The number of carbonyl (C=O) groups is 1. The number of rotatable bonds is 3. The summed E-state index contributed by atoms with van der Waals surface area (Å²) in [5, 5.41) is 0. The van der Waals surface area contributed by atoms with Crippen LogP contribution in [0.15, 0.2) is 45.8 Å². The number of fused-ring (bicyclic) bond motifs is 1. The molecule has 2 aliphatic rings. The van der Waals surface area contributed by atoms with Crippen molar-refractivity contribution in [2.75, 3.05) is 39.4 Å². The van der Waals surface area contributed by atoms with E-state index in [1.807, 2.05) is 0 Å². The van der Waals surface area contributed by atoms with Crippen molar-refractivity contribution in [2.24, 2.45) is 0 Å². The van der Waals surface area contributed by atoms with E-state index in [4.69, 9.17) is 9.47 Å². The van der Waals surface area contributed by atoms with E-state index in [-0.39, 0.29) is 37.0 Å². The number of amides is 1. The normalized spacial score (nSPS) is 17.5. The van der Waals surface area contributed by atoms with Crippen molar-refractivity contribution in [2.45, 2.75) is 11.3 Å². The summed E-state index contributed by atoms with van der Waals surface area (Å²) in [4.78, 5) is 14.4. The topological polar surface area (TPSA) is 76.2 Å². The number of benzene rings is 2. The van der Waals surface area contributed by atoms with Gasteiger partial charge in [-0.3, -0.25) is 4.79 Å². The molecule has 0 N–H and O–H groups in total. The number of nitrogens with zero attached hydrogens (tertiary/aromatic N) is 2. The predicted octanol–water partition coefficient (Wildman–Crippen LogP) is 2.90. The molecule has 0 unspecified atom stereocenters. The van der Waals surface area contributed by atoms with Crippen LogP contribution in [-0.2, 0) is 10.0 Å². The molecule has 1 fully saturated rings. The van der Waals surface area contributed by atoms with Crippen molar-refractivity contribution in [3.05, 3.63) is 52.3 Å². The molecule has 0 spiro atoms. The Labute approximate surface area is 182 Å². The summed E-state index contributed by atoms with van der Waals surface area (Å²) in [5.41, 5.74) is 0.343. The van der Waals surface area contributed by atoms with Crippen molar-refractivity contribution in [1.29, 1.82) is 0 Å². The third-order valence-corrected chi connectivity index (χ3v) is 7.59. The number of halogens is 2. The highest BCUT2D eigenvalue weighted by Gasteiger charge is 2.31. The molecule has 0 saturated carbocycles. The molecule has 160 valence electrons. The minimum Gasteiger partial charge on any atom is -0.490 e. The van der Waals surface area contributed by atoms with Gasteiger partial charge >= 0.3 is 0 Å². The number of carbonyl (C=O) groups excluding carboxylic acids is 1.